The monoisotopic (exact) mass is 243 g/mol. The Bertz CT molecular complexity index is 488. The van der Waals surface area contributed by atoms with E-state index in [0.717, 1.165) is 17.7 Å². The van der Waals surface area contributed by atoms with Gasteiger partial charge in [-0.05, 0) is 37.2 Å². The fraction of sp³-hybridized carbons (Fsp3) is 0.467. The Morgan fingerprint density at radius 3 is 2.61 bits per heavy atom. The van der Waals surface area contributed by atoms with E-state index in [1.807, 2.05) is 37.3 Å². The topological polar surface area (TPSA) is 38.7 Å². The zero-order valence-corrected chi connectivity index (χ0v) is 10.6. The van der Waals surface area contributed by atoms with Crippen molar-refractivity contribution in [1.82, 2.24) is 0 Å². The maximum atomic E-state index is 11.8. The van der Waals surface area contributed by atoms with Crippen molar-refractivity contribution in [2.75, 3.05) is 0 Å². The molecule has 2 aliphatic carbocycles. The number of carbonyl (C=O) groups is 1. The Kier molecular flexibility index (Phi) is 2.69. The van der Waals surface area contributed by atoms with Crippen LogP contribution in [-0.2, 0) is 9.63 Å². The van der Waals surface area contributed by atoms with Gasteiger partial charge in [-0.1, -0.05) is 41.9 Å². The Hall–Kier alpha value is -1.64. The standard InChI is InChI=1S/C15H17NO2/c1-11(12-6-3-2-4-7-12)16-18-14(17)13-10-15(13)8-5-9-15/h2-4,6-7,13H,5,8-10H2,1H3. The second-order valence-electron chi connectivity index (χ2n) is 5.43. The van der Waals surface area contributed by atoms with Crippen LogP contribution in [0.3, 0.4) is 0 Å². The van der Waals surface area contributed by atoms with E-state index >= 15 is 0 Å². The molecule has 1 aromatic carbocycles. The number of oxime groups is 1. The zero-order valence-electron chi connectivity index (χ0n) is 10.6. The number of carbonyl (C=O) groups excluding carboxylic acids is 1. The number of hydrogen-bond acceptors (Lipinski definition) is 3. The normalized spacial score (nSPS) is 24.5. The summed E-state index contributed by atoms with van der Waals surface area (Å²) in [6.45, 7) is 1.86. The Labute approximate surface area is 107 Å². The highest BCUT2D eigenvalue weighted by atomic mass is 16.7. The fourth-order valence-corrected chi connectivity index (χ4v) is 2.77. The molecule has 2 saturated carbocycles. The molecule has 3 rings (SSSR count). The van der Waals surface area contributed by atoms with Gasteiger partial charge in [-0.25, -0.2) is 4.79 Å². The second kappa shape index (κ2) is 4.23. The summed E-state index contributed by atoms with van der Waals surface area (Å²) in [4.78, 5) is 16.9. The summed E-state index contributed by atoms with van der Waals surface area (Å²) in [6, 6.07) is 9.75. The molecule has 1 unspecified atom stereocenters. The van der Waals surface area contributed by atoms with Crippen molar-refractivity contribution in [1.29, 1.82) is 0 Å². The van der Waals surface area contributed by atoms with Crippen LogP contribution in [-0.4, -0.2) is 11.7 Å². The third-order valence-electron chi connectivity index (χ3n) is 4.29. The van der Waals surface area contributed by atoms with Gasteiger partial charge >= 0.3 is 5.97 Å². The van der Waals surface area contributed by atoms with E-state index in [4.69, 9.17) is 4.84 Å². The van der Waals surface area contributed by atoms with Crippen molar-refractivity contribution in [2.24, 2.45) is 16.5 Å². The van der Waals surface area contributed by atoms with Crippen molar-refractivity contribution in [3.8, 4) is 0 Å². The van der Waals surface area contributed by atoms with Gasteiger partial charge in [-0.2, -0.15) is 0 Å². The molecule has 2 aliphatic rings. The van der Waals surface area contributed by atoms with E-state index in [0.29, 0.717) is 5.41 Å². The summed E-state index contributed by atoms with van der Waals surface area (Å²) in [7, 11) is 0. The Balaban J connectivity index is 1.59. The van der Waals surface area contributed by atoms with Gasteiger partial charge in [0.1, 0.15) is 0 Å². The molecule has 0 saturated heterocycles. The first-order valence-electron chi connectivity index (χ1n) is 6.52. The maximum Gasteiger partial charge on any atom is 0.338 e. The Morgan fingerprint density at radius 2 is 2.06 bits per heavy atom. The molecular weight excluding hydrogens is 226 g/mol. The van der Waals surface area contributed by atoms with Crippen LogP contribution in [0.2, 0.25) is 0 Å². The summed E-state index contributed by atoms with van der Waals surface area (Å²) in [5.41, 5.74) is 2.04. The molecule has 3 nitrogen and oxygen atoms in total. The van der Waals surface area contributed by atoms with E-state index in [1.54, 1.807) is 0 Å². The van der Waals surface area contributed by atoms with Crippen LogP contribution in [0, 0.1) is 11.3 Å². The number of rotatable bonds is 3. The molecule has 2 fully saturated rings. The molecule has 18 heavy (non-hydrogen) atoms. The van der Waals surface area contributed by atoms with Crippen molar-refractivity contribution in [3.63, 3.8) is 0 Å². The molecule has 0 aromatic heterocycles. The molecular formula is C15H17NO2. The SMILES string of the molecule is CC(=NOC(=O)C1CC12CCC2)c1ccccc1. The average Bonchev–Trinajstić information content (AvgIpc) is 3.12. The first kappa shape index (κ1) is 11.5. The quantitative estimate of drug-likeness (QED) is 0.464. The fourth-order valence-electron chi connectivity index (χ4n) is 2.77. The van der Waals surface area contributed by atoms with Crippen LogP contribution in [0.5, 0.6) is 0 Å². The van der Waals surface area contributed by atoms with Gasteiger partial charge < -0.3 is 4.84 Å². The van der Waals surface area contributed by atoms with E-state index in [1.165, 1.54) is 19.3 Å². The van der Waals surface area contributed by atoms with Gasteiger partial charge in [0.05, 0.1) is 11.6 Å². The largest absolute Gasteiger partial charge is 0.338 e. The molecule has 94 valence electrons. The van der Waals surface area contributed by atoms with Gasteiger partial charge in [0.15, 0.2) is 0 Å². The van der Waals surface area contributed by atoms with Crippen molar-refractivity contribution < 1.29 is 9.63 Å². The molecule has 0 heterocycles. The smallest absolute Gasteiger partial charge is 0.318 e. The number of nitrogens with zero attached hydrogens (tertiary/aromatic N) is 1. The highest BCUT2D eigenvalue weighted by Crippen LogP contribution is 2.65. The lowest BCUT2D eigenvalue weighted by atomic mass is 9.80. The lowest BCUT2D eigenvalue weighted by molar-refractivity contribution is -0.146. The highest BCUT2D eigenvalue weighted by molar-refractivity contribution is 5.98. The van der Waals surface area contributed by atoms with E-state index in [9.17, 15) is 4.79 Å². The summed E-state index contributed by atoms with van der Waals surface area (Å²) >= 11 is 0. The summed E-state index contributed by atoms with van der Waals surface area (Å²) in [5.74, 6) is -0.0384. The second-order valence-corrected chi connectivity index (χ2v) is 5.43. The van der Waals surface area contributed by atoms with Gasteiger partial charge in [-0.3, -0.25) is 0 Å². The maximum absolute atomic E-state index is 11.8. The first-order chi connectivity index (χ1) is 8.71. The summed E-state index contributed by atoms with van der Waals surface area (Å²) < 4.78 is 0. The summed E-state index contributed by atoms with van der Waals surface area (Å²) in [6.07, 6.45) is 4.64. The number of benzene rings is 1. The minimum atomic E-state index is -0.148. The van der Waals surface area contributed by atoms with E-state index < -0.39 is 0 Å². The minimum absolute atomic E-state index is 0.110. The van der Waals surface area contributed by atoms with Crippen molar-refractivity contribution >= 4 is 11.7 Å². The van der Waals surface area contributed by atoms with Crippen LogP contribution >= 0.6 is 0 Å². The molecule has 0 amide bonds. The van der Waals surface area contributed by atoms with Crippen LogP contribution in [0.15, 0.2) is 35.5 Å². The molecule has 0 radical (unpaired) electrons. The van der Waals surface area contributed by atoms with Gasteiger partial charge in [0.2, 0.25) is 0 Å². The van der Waals surface area contributed by atoms with Crippen LogP contribution in [0.25, 0.3) is 0 Å². The number of hydrogen-bond donors (Lipinski definition) is 0. The van der Waals surface area contributed by atoms with Crippen LogP contribution < -0.4 is 0 Å². The van der Waals surface area contributed by atoms with Gasteiger partial charge in [-0.15, -0.1) is 0 Å². The lowest BCUT2D eigenvalue weighted by Crippen LogP contribution is -2.19. The average molecular weight is 243 g/mol. The van der Waals surface area contributed by atoms with Crippen molar-refractivity contribution in [3.05, 3.63) is 35.9 Å². The first-order valence-corrected chi connectivity index (χ1v) is 6.52. The van der Waals surface area contributed by atoms with Gasteiger partial charge in [0, 0.05) is 0 Å². The molecule has 0 bridgehead atoms. The molecule has 3 heteroatoms. The highest BCUT2D eigenvalue weighted by Gasteiger charge is 2.62. The third-order valence-corrected chi connectivity index (χ3v) is 4.29. The Morgan fingerprint density at radius 1 is 1.33 bits per heavy atom. The zero-order chi connectivity index (χ0) is 12.6. The summed E-state index contributed by atoms with van der Waals surface area (Å²) in [5, 5.41) is 3.95. The van der Waals surface area contributed by atoms with E-state index in [2.05, 4.69) is 5.16 Å². The lowest BCUT2D eigenvalue weighted by Gasteiger charge is -2.25. The molecule has 1 spiro atoms. The van der Waals surface area contributed by atoms with Crippen LogP contribution in [0.1, 0.15) is 38.2 Å². The third kappa shape index (κ3) is 1.94. The minimum Gasteiger partial charge on any atom is -0.318 e. The molecule has 0 aliphatic heterocycles. The predicted octanol–water partition coefficient (Wildman–Crippen LogP) is 3.14. The van der Waals surface area contributed by atoms with Crippen molar-refractivity contribution in [2.45, 2.75) is 32.6 Å². The predicted molar refractivity (Wildman–Crippen MR) is 69.1 cm³/mol. The van der Waals surface area contributed by atoms with Crippen LogP contribution in [0.4, 0.5) is 0 Å². The molecule has 0 N–H and O–H groups in total. The van der Waals surface area contributed by atoms with Gasteiger partial charge in [0.25, 0.3) is 0 Å². The molecule has 1 atom stereocenters. The molecule has 1 aromatic rings. The van der Waals surface area contributed by atoms with E-state index in [-0.39, 0.29) is 11.9 Å².